The molecule has 1 amide bonds. The van der Waals surface area contributed by atoms with E-state index in [0.29, 0.717) is 12.1 Å². The third-order valence-electron chi connectivity index (χ3n) is 1.95. The van der Waals surface area contributed by atoms with Gasteiger partial charge < -0.3 is 9.73 Å². The third-order valence-corrected chi connectivity index (χ3v) is 1.95. The van der Waals surface area contributed by atoms with Crippen LogP contribution in [0.1, 0.15) is 16.1 Å². The monoisotopic (exact) mass is 202 g/mol. The van der Waals surface area contributed by atoms with Crippen LogP contribution in [0, 0.1) is 0 Å². The molecule has 0 spiro atoms. The smallest absolute Gasteiger partial charge is 0.251 e. The summed E-state index contributed by atoms with van der Waals surface area (Å²) < 4.78 is 5.09. The van der Waals surface area contributed by atoms with Gasteiger partial charge in [-0.1, -0.05) is 0 Å². The second-order valence-corrected chi connectivity index (χ2v) is 3.00. The largest absolute Gasteiger partial charge is 0.467 e. The van der Waals surface area contributed by atoms with Gasteiger partial charge in [-0.3, -0.25) is 9.78 Å². The Morgan fingerprint density at radius 3 is 2.80 bits per heavy atom. The van der Waals surface area contributed by atoms with Crippen LogP contribution in [0.15, 0.2) is 47.3 Å². The predicted octanol–water partition coefficient (Wildman–Crippen LogP) is 1.60. The number of nitrogens with one attached hydrogen (secondary N) is 1. The van der Waals surface area contributed by atoms with E-state index in [2.05, 4.69) is 10.3 Å². The van der Waals surface area contributed by atoms with Gasteiger partial charge in [0.05, 0.1) is 12.8 Å². The van der Waals surface area contributed by atoms with E-state index in [1.165, 1.54) is 0 Å². The average molecular weight is 202 g/mol. The maximum atomic E-state index is 11.6. The molecule has 0 unspecified atom stereocenters. The number of nitrogens with zero attached hydrogens (tertiary/aromatic N) is 1. The molecule has 2 rings (SSSR count). The van der Waals surface area contributed by atoms with Gasteiger partial charge >= 0.3 is 0 Å². The van der Waals surface area contributed by atoms with Crippen LogP contribution in [0.2, 0.25) is 0 Å². The van der Waals surface area contributed by atoms with Crippen molar-refractivity contribution in [2.75, 3.05) is 0 Å². The van der Waals surface area contributed by atoms with E-state index in [4.69, 9.17) is 4.42 Å². The minimum atomic E-state index is -0.131. The van der Waals surface area contributed by atoms with Gasteiger partial charge in [-0.05, 0) is 24.3 Å². The van der Waals surface area contributed by atoms with Gasteiger partial charge in [-0.25, -0.2) is 0 Å². The topological polar surface area (TPSA) is 55.1 Å². The van der Waals surface area contributed by atoms with Gasteiger partial charge in [0.15, 0.2) is 0 Å². The fourth-order valence-corrected chi connectivity index (χ4v) is 1.19. The van der Waals surface area contributed by atoms with Gasteiger partial charge in [-0.2, -0.15) is 0 Å². The number of pyridine rings is 1. The third kappa shape index (κ3) is 2.43. The van der Waals surface area contributed by atoms with Crippen molar-refractivity contribution in [1.29, 1.82) is 0 Å². The SMILES string of the molecule is O=C(NCc1ccco1)c1ccncc1. The first-order chi connectivity index (χ1) is 7.36. The van der Waals surface area contributed by atoms with Crippen LogP contribution in [0.5, 0.6) is 0 Å². The molecule has 0 radical (unpaired) electrons. The first kappa shape index (κ1) is 9.45. The molecule has 76 valence electrons. The number of carbonyl (C=O) groups is 1. The van der Waals surface area contributed by atoms with Crippen molar-refractivity contribution in [3.63, 3.8) is 0 Å². The molecule has 4 heteroatoms. The lowest BCUT2D eigenvalue weighted by Crippen LogP contribution is -2.22. The van der Waals surface area contributed by atoms with E-state index >= 15 is 0 Å². The Hall–Kier alpha value is -2.10. The van der Waals surface area contributed by atoms with E-state index in [0.717, 1.165) is 5.76 Å². The molecular formula is C11H10N2O2. The Balaban J connectivity index is 1.94. The number of furan rings is 1. The molecule has 0 atom stereocenters. The zero-order valence-corrected chi connectivity index (χ0v) is 8.01. The molecule has 0 aliphatic rings. The van der Waals surface area contributed by atoms with Crippen molar-refractivity contribution >= 4 is 5.91 Å². The first-order valence-electron chi connectivity index (χ1n) is 4.57. The van der Waals surface area contributed by atoms with Crippen molar-refractivity contribution in [3.05, 3.63) is 54.2 Å². The number of amides is 1. The lowest BCUT2D eigenvalue weighted by Gasteiger charge is -2.02. The van der Waals surface area contributed by atoms with Crippen molar-refractivity contribution < 1.29 is 9.21 Å². The van der Waals surface area contributed by atoms with Gasteiger partial charge in [0, 0.05) is 18.0 Å². The molecule has 0 aromatic carbocycles. The zero-order chi connectivity index (χ0) is 10.5. The molecule has 0 fully saturated rings. The molecule has 0 aliphatic carbocycles. The van der Waals surface area contributed by atoms with Crippen molar-refractivity contribution in [2.45, 2.75) is 6.54 Å². The number of rotatable bonds is 3. The minimum Gasteiger partial charge on any atom is -0.467 e. The van der Waals surface area contributed by atoms with Crippen LogP contribution >= 0.6 is 0 Å². The van der Waals surface area contributed by atoms with Crippen LogP contribution in [0.4, 0.5) is 0 Å². The maximum Gasteiger partial charge on any atom is 0.251 e. The second kappa shape index (κ2) is 4.41. The molecule has 2 heterocycles. The molecule has 2 aromatic rings. The average Bonchev–Trinajstić information content (AvgIpc) is 2.80. The summed E-state index contributed by atoms with van der Waals surface area (Å²) in [5, 5.41) is 2.74. The van der Waals surface area contributed by atoms with Crippen LogP contribution in [0.3, 0.4) is 0 Å². The van der Waals surface area contributed by atoms with E-state index in [-0.39, 0.29) is 5.91 Å². The van der Waals surface area contributed by atoms with E-state index in [9.17, 15) is 4.79 Å². The highest BCUT2D eigenvalue weighted by atomic mass is 16.3. The quantitative estimate of drug-likeness (QED) is 0.822. The number of hydrogen-bond donors (Lipinski definition) is 1. The lowest BCUT2D eigenvalue weighted by atomic mass is 10.2. The number of carbonyl (C=O) groups excluding carboxylic acids is 1. The lowest BCUT2D eigenvalue weighted by molar-refractivity contribution is 0.0948. The van der Waals surface area contributed by atoms with Gasteiger partial charge in [0.1, 0.15) is 5.76 Å². The molecule has 1 N–H and O–H groups in total. The molecule has 0 saturated heterocycles. The summed E-state index contributed by atoms with van der Waals surface area (Å²) in [4.78, 5) is 15.4. The Labute approximate surface area is 86.9 Å². The Morgan fingerprint density at radius 2 is 2.13 bits per heavy atom. The number of aromatic nitrogens is 1. The molecule has 2 aromatic heterocycles. The van der Waals surface area contributed by atoms with Crippen LogP contribution in [0.25, 0.3) is 0 Å². The molecule has 15 heavy (non-hydrogen) atoms. The summed E-state index contributed by atoms with van der Waals surface area (Å²) in [7, 11) is 0. The molecular weight excluding hydrogens is 192 g/mol. The fourth-order valence-electron chi connectivity index (χ4n) is 1.19. The molecule has 0 aliphatic heterocycles. The highest BCUT2D eigenvalue weighted by molar-refractivity contribution is 5.93. The summed E-state index contributed by atoms with van der Waals surface area (Å²) in [6.07, 6.45) is 4.75. The standard InChI is InChI=1S/C11H10N2O2/c14-11(9-3-5-12-6-4-9)13-8-10-2-1-7-15-10/h1-7H,8H2,(H,13,14). The summed E-state index contributed by atoms with van der Waals surface area (Å²) >= 11 is 0. The fraction of sp³-hybridized carbons (Fsp3) is 0.0909. The van der Waals surface area contributed by atoms with Gasteiger partial charge in [0.2, 0.25) is 0 Å². The molecule has 0 saturated carbocycles. The van der Waals surface area contributed by atoms with E-state index in [1.54, 1.807) is 36.9 Å². The van der Waals surface area contributed by atoms with Crippen molar-refractivity contribution in [1.82, 2.24) is 10.3 Å². The molecule has 0 bridgehead atoms. The zero-order valence-electron chi connectivity index (χ0n) is 8.01. The van der Waals surface area contributed by atoms with Crippen LogP contribution < -0.4 is 5.32 Å². The normalized spacial score (nSPS) is 9.87. The van der Waals surface area contributed by atoms with E-state index in [1.807, 2.05) is 6.07 Å². The Bertz CT molecular complexity index is 423. The Morgan fingerprint density at radius 1 is 1.33 bits per heavy atom. The maximum absolute atomic E-state index is 11.6. The van der Waals surface area contributed by atoms with Crippen LogP contribution in [-0.2, 0) is 6.54 Å². The number of hydrogen-bond acceptors (Lipinski definition) is 3. The predicted molar refractivity (Wildman–Crippen MR) is 54.1 cm³/mol. The second-order valence-electron chi connectivity index (χ2n) is 3.00. The highest BCUT2D eigenvalue weighted by Gasteiger charge is 2.04. The first-order valence-corrected chi connectivity index (χ1v) is 4.57. The van der Waals surface area contributed by atoms with Crippen molar-refractivity contribution in [2.24, 2.45) is 0 Å². The summed E-state index contributed by atoms with van der Waals surface area (Å²) in [6, 6.07) is 6.93. The van der Waals surface area contributed by atoms with Crippen LogP contribution in [-0.4, -0.2) is 10.9 Å². The van der Waals surface area contributed by atoms with Crippen molar-refractivity contribution in [3.8, 4) is 0 Å². The summed E-state index contributed by atoms with van der Waals surface area (Å²) in [6.45, 7) is 0.397. The van der Waals surface area contributed by atoms with Gasteiger partial charge in [0.25, 0.3) is 5.91 Å². The summed E-state index contributed by atoms with van der Waals surface area (Å²) in [5.74, 6) is 0.603. The van der Waals surface area contributed by atoms with Gasteiger partial charge in [-0.15, -0.1) is 0 Å². The summed E-state index contributed by atoms with van der Waals surface area (Å²) in [5.41, 5.74) is 0.594. The Kier molecular flexibility index (Phi) is 2.78. The van der Waals surface area contributed by atoms with E-state index < -0.39 is 0 Å². The highest BCUT2D eigenvalue weighted by Crippen LogP contribution is 2.00. The minimum absolute atomic E-state index is 0.131. The molecule has 4 nitrogen and oxygen atoms in total.